The normalized spacial score (nSPS) is 25.7. The summed E-state index contributed by atoms with van der Waals surface area (Å²) in [6.45, 7) is 1.50. The molecule has 5 nitrogen and oxygen atoms in total. The Morgan fingerprint density at radius 3 is 2.89 bits per heavy atom. The van der Waals surface area contributed by atoms with Gasteiger partial charge >= 0.3 is 0 Å². The predicted octanol–water partition coefficient (Wildman–Crippen LogP) is 1.05. The zero-order valence-corrected chi connectivity index (χ0v) is 10.0. The lowest BCUT2D eigenvalue weighted by Crippen LogP contribution is -2.59. The van der Waals surface area contributed by atoms with Gasteiger partial charge in [0.25, 0.3) is 17.4 Å². The van der Waals surface area contributed by atoms with Gasteiger partial charge < -0.3 is 15.4 Å². The van der Waals surface area contributed by atoms with Gasteiger partial charge in [-0.2, -0.15) is 0 Å². The van der Waals surface area contributed by atoms with Crippen LogP contribution in [-0.4, -0.2) is 23.5 Å². The van der Waals surface area contributed by atoms with E-state index in [9.17, 15) is 9.59 Å². The average Bonchev–Trinajstić information content (AvgIpc) is 3.14. The van der Waals surface area contributed by atoms with Crippen molar-refractivity contribution >= 4 is 17.5 Å². The molecule has 0 unspecified atom stereocenters. The minimum absolute atomic E-state index is 0.197. The molecule has 94 valence electrons. The van der Waals surface area contributed by atoms with E-state index < -0.39 is 11.5 Å². The number of hydrogen-bond donors (Lipinski definition) is 2. The summed E-state index contributed by atoms with van der Waals surface area (Å²) in [5, 5.41) is 5.50. The van der Waals surface area contributed by atoms with Crippen LogP contribution < -0.4 is 15.4 Å². The van der Waals surface area contributed by atoms with E-state index in [2.05, 4.69) is 10.6 Å². The van der Waals surface area contributed by atoms with Crippen molar-refractivity contribution in [1.82, 2.24) is 5.32 Å². The van der Waals surface area contributed by atoms with Gasteiger partial charge in [0.15, 0.2) is 0 Å². The van der Waals surface area contributed by atoms with Gasteiger partial charge in [-0.05, 0) is 31.9 Å². The van der Waals surface area contributed by atoms with Crippen LogP contribution in [0.3, 0.4) is 0 Å². The minimum atomic E-state index is -1.49. The number of benzene rings is 1. The molecule has 1 aliphatic heterocycles. The first kappa shape index (κ1) is 11.1. The number of carbonyl (C=O) groups excluding carboxylic acids is 2. The van der Waals surface area contributed by atoms with E-state index in [0.717, 1.165) is 12.8 Å². The first-order valence-electron chi connectivity index (χ1n) is 6.00. The van der Waals surface area contributed by atoms with E-state index in [1.807, 2.05) is 0 Å². The largest absolute Gasteiger partial charge is 0.466 e. The van der Waals surface area contributed by atoms with Crippen LogP contribution in [0.2, 0.25) is 0 Å². The van der Waals surface area contributed by atoms with Gasteiger partial charge in [0.05, 0.1) is 5.69 Å². The molecule has 2 aliphatic rings. The molecule has 1 saturated carbocycles. The molecule has 0 bridgehead atoms. The Balaban J connectivity index is 1.88. The number of rotatable bonds is 2. The van der Waals surface area contributed by atoms with E-state index in [-0.39, 0.29) is 11.9 Å². The van der Waals surface area contributed by atoms with Gasteiger partial charge in [-0.1, -0.05) is 12.1 Å². The van der Waals surface area contributed by atoms with Crippen molar-refractivity contribution in [3.8, 4) is 5.75 Å². The summed E-state index contributed by atoms with van der Waals surface area (Å²) in [5.41, 5.74) is -0.893. The summed E-state index contributed by atoms with van der Waals surface area (Å²) in [4.78, 5) is 24.1. The number of carbonyl (C=O) groups is 2. The van der Waals surface area contributed by atoms with Crippen LogP contribution in [0.4, 0.5) is 5.69 Å². The molecule has 1 fully saturated rings. The highest BCUT2D eigenvalue weighted by atomic mass is 16.5. The maximum absolute atomic E-state index is 12.1. The van der Waals surface area contributed by atoms with Crippen molar-refractivity contribution in [1.29, 1.82) is 0 Å². The maximum atomic E-state index is 12.1. The SMILES string of the molecule is C[C@@]1(C(=O)NC2CC2)Oc2ccccc2NC1=O. The predicted molar refractivity (Wildman–Crippen MR) is 65.3 cm³/mol. The fourth-order valence-electron chi connectivity index (χ4n) is 1.87. The van der Waals surface area contributed by atoms with E-state index >= 15 is 0 Å². The molecular formula is C13H14N2O3. The quantitative estimate of drug-likeness (QED) is 0.767. The van der Waals surface area contributed by atoms with Crippen LogP contribution in [0.25, 0.3) is 0 Å². The van der Waals surface area contributed by atoms with Crippen molar-refractivity contribution in [3.63, 3.8) is 0 Å². The fraction of sp³-hybridized carbons (Fsp3) is 0.385. The number of fused-ring (bicyclic) bond motifs is 1. The molecule has 5 heteroatoms. The third-order valence-electron chi connectivity index (χ3n) is 3.23. The summed E-state index contributed by atoms with van der Waals surface area (Å²) < 4.78 is 5.60. The van der Waals surface area contributed by atoms with Crippen LogP contribution in [0.5, 0.6) is 5.75 Å². The first-order chi connectivity index (χ1) is 8.59. The van der Waals surface area contributed by atoms with E-state index in [1.54, 1.807) is 24.3 Å². The molecule has 3 rings (SSSR count). The summed E-state index contributed by atoms with van der Waals surface area (Å²) in [6, 6.07) is 7.27. The number of ether oxygens (including phenoxy) is 1. The number of nitrogens with one attached hydrogen (secondary N) is 2. The molecule has 1 atom stereocenters. The van der Waals surface area contributed by atoms with Crippen molar-refractivity contribution in [2.45, 2.75) is 31.4 Å². The number of hydrogen-bond acceptors (Lipinski definition) is 3. The summed E-state index contributed by atoms with van der Waals surface area (Å²) in [5.74, 6) is -0.290. The minimum Gasteiger partial charge on any atom is -0.466 e. The molecule has 1 aromatic carbocycles. The zero-order valence-electron chi connectivity index (χ0n) is 10.0. The standard InChI is InChI=1S/C13H14N2O3/c1-13(11(16)14-8-6-7-8)12(17)15-9-4-2-3-5-10(9)18-13/h2-5,8H,6-7H2,1H3,(H,14,16)(H,15,17)/t13-/m0/s1. The Hall–Kier alpha value is -2.04. The lowest BCUT2D eigenvalue weighted by Gasteiger charge is -2.33. The molecule has 0 aromatic heterocycles. The van der Waals surface area contributed by atoms with Crippen molar-refractivity contribution < 1.29 is 14.3 Å². The summed E-state index contributed by atoms with van der Waals surface area (Å²) >= 11 is 0. The molecule has 0 radical (unpaired) electrons. The Morgan fingerprint density at radius 2 is 2.17 bits per heavy atom. The zero-order chi connectivity index (χ0) is 12.8. The molecule has 18 heavy (non-hydrogen) atoms. The van der Waals surface area contributed by atoms with Gasteiger partial charge in [0.1, 0.15) is 5.75 Å². The topological polar surface area (TPSA) is 67.4 Å². The summed E-state index contributed by atoms with van der Waals surface area (Å²) in [7, 11) is 0. The Bertz CT molecular complexity index is 525. The van der Waals surface area contributed by atoms with Gasteiger partial charge in [0, 0.05) is 6.04 Å². The van der Waals surface area contributed by atoms with Crippen LogP contribution in [0, 0.1) is 0 Å². The van der Waals surface area contributed by atoms with Gasteiger partial charge in [0.2, 0.25) is 0 Å². The number of anilines is 1. The molecule has 2 amide bonds. The third-order valence-corrected chi connectivity index (χ3v) is 3.23. The lowest BCUT2D eigenvalue weighted by molar-refractivity contribution is -0.146. The molecule has 0 saturated heterocycles. The Morgan fingerprint density at radius 1 is 1.44 bits per heavy atom. The number of amides is 2. The second-order valence-corrected chi connectivity index (χ2v) is 4.83. The van der Waals surface area contributed by atoms with Crippen molar-refractivity contribution in [2.24, 2.45) is 0 Å². The monoisotopic (exact) mass is 246 g/mol. The van der Waals surface area contributed by atoms with E-state index in [0.29, 0.717) is 11.4 Å². The van der Waals surface area contributed by atoms with Gasteiger partial charge in [-0.25, -0.2) is 0 Å². The van der Waals surface area contributed by atoms with Gasteiger partial charge in [-0.3, -0.25) is 9.59 Å². The molecular weight excluding hydrogens is 232 g/mol. The maximum Gasteiger partial charge on any atom is 0.278 e. The van der Waals surface area contributed by atoms with E-state index in [4.69, 9.17) is 4.74 Å². The van der Waals surface area contributed by atoms with Crippen LogP contribution in [-0.2, 0) is 9.59 Å². The average molecular weight is 246 g/mol. The Kier molecular flexibility index (Phi) is 2.29. The highest BCUT2D eigenvalue weighted by Gasteiger charge is 2.48. The smallest absolute Gasteiger partial charge is 0.278 e. The van der Waals surface area contributed by atoms with Gasteiger partial charge in [-0.15, -0.1) is 0 Å². The molecule has 0 spiro atoms. The number of para-hydroxylation sites is 2. The molecule has 2 N–H and O–H groups in total. The Labute approximate surface area is 105 Å². The van der Waals surface area contributed by atoms with Crippen LogP contribution in [0.1, 0.15) is 19.8 Å². The fourth-order valence-corrected chi connectivity index (χ4v) is 1.87. The highest BCUT2D eigenvalue weighted by molar-refractivity contribution is 6.15. The second kappa shape index (κ2) is 3.73. The lowest BCUT2D eigenvalue weighted by atomic mass is 10.0. The highest BCUT2D eigenvalue weighted by Crippen LogP contribution is 2.33. The van der Waals surface area contributed by atoms with Crippen LogP contribution in [0.15, 0.2) is 24.3 Å². The summed E-state index contributed by atoms with van der Waals surface area (Å²) in [6.07, 6.45) is 1.94. The second-order valence-electron chi connectivity index (χ2n) is 4.83. The first-order valence-corrected chi connectivity index (χ1v) is 6.00. The van der Waals surface area contributed by atoms with Crippen molar-refractivity contribution in [2.75, 3.05) is 5.32 Å². The third kappa shape index (κ3) is 1.72. The molecule has 1 aromatic rings. The molecule has 1 aliphatic carbocycles. The molecule has 1 heterocycles. The van der Waals surface area contributed by atoms with E-state index in [1.165, 1.54) is 6.92 Å². The van der Waals surface area contributed by atoms with Crippen molar-refractivity contribution in [3.05, 3.63) is 24.3 Å². The van der Waals surface area contributed by atoms with Crippen LogP contribution >= 0.6 is 0 Å².